The van der Waals surface area contributed by atoms with Crippen LogP contribution in [0.4, 0.5) is 0 Å². The molecule has 0 heterocycles. The number of carbonyl (C=O) groups is 1. The van der Waals surface area contributed by atoms with Crippen LogP contribution >= 0.6 is 0 Å². The Hall–Kier alpha value is -2.17. The highest BCUT2D eigenvalue weighted by molar-refractivity contribution is 5.76. The first-order chi connectivity index (χ1) is 34.7. The highest BCUT2D eigenvalue weighted by atomic mass is 16.3. The van der Waals surface area contributed by atoms with Crippen LogP contribution < -0.4 is 5.32 Å². The molecule has 1 amide bonds. The van der Waals surface area contributed by atoms with Gasteiger partial charge in [-0.3, -0.25) is 4.79 Å². The molecule has 0 aliphatic rings. The predicted octanol–water partition coefficient (Wildman–Crippen LogP) is 20.9. The molecule has 0 saturated carbocycles. The summed E-state index contributed by atoms with van der Waals surface area (Å²) in [7, 11) is 0. The van der Waals surface area contributed by atoms with Gasteiger partial charge in [0.1, 0.15) is 0 Å². The molecule has 0 aromatic carbocycles. The number of nitrogens with one attached hydrogen (secondary N) is 1. The fourth-order valence-electron chi connectivity index (χ4n) is 9.40. The van der Waals surface area contributed by atoms with E-state index in [1.165, 1.54) is 250 Å². The Labute approximate surface area is 438 Å². The lowest BCUT2D eigenvalue weighted by Gasteiger charge is -2.19. The highest BCUT2D eigenvalue weighted by Crippen LogP contribution is 2.17. The maximum atomic E-state index is 12.5. The molecule has 4 heteroatoms. The molecule has 0 rings (SSSR count). The van der Waals surface area contributed by atoms with Gasteiger partial charge in [-0.05, 0) is 83.5 Å². The first kappa shape index (κ1) is 67.8. The van der Waals surface area contributed by atoms with Crippen molar-refractivity contribution in [2.24, 2.45) is 0 Å². The molecule has 0 aromatic rings. The summed E-state index contributed by atoms with van der Waals surface area (Å²) in [5.74, 6) is -0.0787. The third-order valence-corrected chi connectivity index (χ3v) is 14.1. The van der Waals surface area contributed by atoms with Crippen LogP contribution in [0.3, 0.4) is 0 Å². The molecule has 70 heavy (non-hydrogen) atoms. The van der Waals surface area contributed by atoms with Crippen molar-refractivity contribution in [1.29, 1.82) is 0 Å². The molecular weight excluding hydrogens is 855 g/mol. The van der Waals surface area contributed by atoms with Crippen LogP contribution in [0.25, 0.3) is 0 Å². The molecule has 0 fully saturated rings. The number of rotatable bonds is 57. The van der Waals surface area contributed by atoms with Gasteiger partial charge in [0.05, 0.1) is 18.8 Å². The second-order valence-electron chi connectivity index (χ2n) is 21.1. The number of amides is 1. The van der Waals surface area contributed by atoms with Crippen molar-refractivity contribution in [3.63, 3.8) is 0 Å². The van der Waals surface area contributed by atoms with Crippen LogP contribution in [0.1, 0.15) is 322 Å². The number of aliphatic hydroxyl groups excluding tert-OH is 2. The van der Waals surface area contributed by atoms with E-state index in [1.54, 1.807) is 6.08 Å². The quantitative estimate of drug-likeness (QED) is 0.0420. The normalized spacial score (nSPS) is 13.3. The van der Waals surface area contributed by atoms with Gasteiger partial charge in [-0.1, -0.05) is 305 Å². The summed E-state index contributed by atoms with van der Waals surface area (Å²) in [6.45, 7) is 4.31. The van der Waals surface area contributed by atoms with Gasteiger partial charge in [-0.25, -0.2) is 0 Å². The van der Waals surface area contributed by atoms with Crippen molar-refractivity contribution in [1.82, 2.24) is 5.32 Å². The zero-order valence-electron chi connectivity index (χ0n) is 47.0. The Morgan fingerprint density at radius 3 is 0.929 bits per heavy atom. The van der Waals surface area contributed by atoms with Crippen molar-refractivity contribution >= 4 is 5.91 Å². The number of aliphatic hydroxyl groups is 2. The topological polar surface area (TPSA) is 69.6 Å². The molecule has 408 valence electrons. The van der Waals surface area contributed by atoms with Crippen molar-refractivity contribution in [2.75, 3.05) is 6.61 Å². The van der Waals surface area contributed by atoms with E-state index in [1.807, 2.05) is 6.08 Å². The minimum Gasteiger partial charge on any atom is -0.394 e. The van der Waals surface area contributed by atoms with E-state index >= 15 is 0 Å². The Balaban J connectivity index is 3.55. The first-order valence-electron chi connectivity index (χ1n) is 31.2. The predicted molar refractivity (Wildman–Crippen MR) is 313 cm³/mol. The number of hydrogen-bond acceptors (Lipinski definition) is 3. The van der Waals surface area contributed by atoms with Crippen LogP contribution in [0.15, 0.2) is 72.9 Å². The SMILES string of the molecule is CCCCCCC/C=C\C/C=C\C/C=C\CCCCCCCCCCCCCCC(=O)NC(CO)C(O)/C=C/CC/C=C/CC/C=C/CCCCCCCCCCCCCCCCCCCCCCC. The molecule has 0 radical (unpaired) electrons. The van der Waals surface area contributed by atoms with E-state index in [4.69, 9.17) is 0 Å². The molecule has 0 aliphatic carbocycles. The third-order valence-electron chi connectivity index (χ3n) is 14.1. The summed E-state index contributed by atoms with van der Waals surface area (Å²) in [4.78, 5) is 12.5. The zero-order chi connectivity index (χ0) is 50.6. The number of allylic oxidation sites excluding steroid dienone is 11. The number of carbonyl (C=O) groups excluding carboxylic acids is 1. The average molecular weight is 977 g/mol. The van der Waals surface area contributed by atoms with Crippen LogP contribution in [0.5, 0.6) is 0 Å². The largest absolute Gasteiger partial charge is 0.394 e. The zero-order valence-corrected chi connectivity index (χ0v) is 47.0. The smallest absolute Gasteiger partial charge is 0.220 e. The third kappa shape index (κ3) is 56.7. The number of hydrogen-bond donors (Lipinski definition) is 3. The summed E-state index contributed by atoms with van der Waals surface area (Å²) in [6.07, 6.45) is 88.1. The van der Waals surface area contributed by atoms with Crippen LogP contribution in [0, 0.1) is 0 Å². The Morgan fingerprint density at radius 2 is 0.600 bits per heavy atom. The summed E-state index contributed by atoms with van der Waals surface area (Å²) >= 11 is 0. The lowest BCUT2D eigenvalue weighted by atomic mass is 10.0. The molecule has 3 N–H and O–H groups in total. The molecule has 4 nitrogen and oxygen atoms in total. The van der Waals surface area contributed by atoms with Gasteiger partial charge in [0.15, 0.2) is 0 Å². The van der Waals surface area contributed by atoms with E-state index in [2.05, 4.69) is 79.9 Å². The summed E-state index contributed by atoms with van der Waals surface area (Å²) in [5, 5.41) is 23.2. The number of unbranched alkanes of at least 4 members (excludes halogenated alkanes) is 40. The van der Waals surface area contributed by atoms with Crippen LogP contribution in [0.2, 0.25) is 0 Å². The van der Waals surface area contributed by atoms with Crippen LogP contribution in [-0.4, -0.2) is 34.9 Å². The van der Waals surface area contributed by atoms with E-state index in [-0.39, 0.29) is 12.5 Å². The van der Waals surface area contributed by atoms with Crippen molar-refractivity contribution in [2.45, 2.75) is 334 Å². The van der Waals surface area contributed by atoms with E-state index in [9.17, 15) is 15.0 Å². The van der Waals surface area contributed by atoms with E-state index < -0.39 is 12.1 Å². The molecule has 2 unspecified atom stereocenters. The molecule has 0 spiro atoms. The van der Waals surface area contributed by atoms with E-state index in [0.29, 0.717) is 6.42 Å². The standard InChI is InChI=1S/C66H121NO3/c1-3-5-7-9-11-13-15-17-19-21-23-25-27-29-31-32-33-34-36-37-39-41-43-45-47-49-51-53-55-57-59-61-65(69)64(63-68)67-66(70)62-60-58-56-54-52-50-48-46-44-42-40-38-35-30-28-26-24-22-20-18-16-14-12-10-8-6-4-2/h16,18,22,24,28,30,43,45,51,53,59,61,64-65,68-69H,3-15,17,19-21,23,25-27,29,31-42,44,46-50,52,54-58,60,62-63H2,1-2H3,(H,67,70)/b18-16-,24-22-,30-28-,45-43+,53-51+,61-59+. The summed E-state index contributed by atoms with van der Waals surface area (Å²) in [5.41, 5.74) is 0. The summed E-state index contributed by atoms with van der Waals surface area (Å²) < 4.78 is 0. The Morgan fingerprint density at radius 1 is 0.343 bits per heavy atom. The fraction of sp³-hybridized carbons (Fsp3) is 0.803. The molecular formula is C66H121NO3. The first-order valence-corrected chi connectivity index (χ1v) is 31.2. The maximum absolute atomic E-state index is 12.5. The average Bonchev–Trinajstić information content (AvgIpc) is 3.36. The second kappa shape index (κ2) is 61.1. The van der Waals surface area contributed by atoms with Gasteiger partial charge in [0.2, 0.25) is 5.91 Å². The molecule has 0 aromatic heterocycles. The van der Waals surface area contributed by atoms with Gasteiger partial charge in [0, 0.05) is 6.42 Å². The van der Waals surface area contributed by atoms with Crippen molar-refractivity contribution in [3.8, 4) is 0 Å². The van der Waals surface area contributed by atoms with Gasteiger partial charge in [0.25, 0.3) is 0 Å². The second-order valence-corrected chi connectivity index (χ2v) is 21.1. The van der Waals surface area contributed by atoms with Gasteiger partial charge >= 0.3 is 0 Å². The van der Waals surface area contributed by atoms with Crippen molar-refractivity contribution < 1.29 is 15.0 Å². The molecule has 0 aliphatic heterocycles. The Bertz CT molecular complexity index is 1200. The fourth-order valence-corrected chi connectivity index (χ4v) is 9.40. The maximum Gasteiger partial charge on any atom is 0.220 e. The lowest BCUT2D eigenvalue weighted by Crippen LogP contribution is -2.45. The van der Waals surface area contributed by atoms with Gasteiger partial charge in [-0.15, -0.1) is 0 Å². The molecule has 0 saturated heterocycles. The van der Waals surface area contributed by atoms with Crippen molar-refractivity contribution in [3.05, 3.63) is 72.9 Å². The van der Waals surface area contributed by atoms with E-state index in [0.717, 1.165) is 51.4 Å². The highest BCUT2D eigenvalue weighted by Gasteiger charge is 2.18. The minimum atomic E-state index is -0.876. The molecule has 0 bridgehead atoms. The van der Waals surface area contributed by atoms with Gasteiger partial charge in [-0.2, -0.15) is 0 Å². The Kier molecular flexibility index (Phi) is 59.2. The lowest BCUT2D eigenvalue weighted by molar-refractivity contribution is -0.123. The monoisotopic (exact) mass is 976 g/mol. The van der Waals surface area contributed by atoms with Crippen LogP contribution in [-0.2, 0) is 4.79 Å². The minimum absolute atomic E-state index is 0.0787. The summed E-state index contributed by atoms with van der Waals surface area (Å²) in [6, 6.07) is -0.652. The molecule has 2 atom stereocenters. The van der Waals surface area contributed by atoms with Gasteiger partial charge < -0.3 is 15.5 Å².